The van der Waals surface area contributed by atoms with Gasteiger partial charge in [-0.15, -0.1) is 0 Å². The van der Waals surface area contributed by atoms with Crippen molar-refractivity contribution < 1.29 is 0 Å². The molecule has 0 aliphatic heterocycles. The molecule has 0 aromatic heterocycles. The standard InChI is InChI=1S/C15H16BrN/c1-13(15-10-6-3-7-11-15)17(16)12-14-8-4-2-5-9-14/h2-11,13H,12H2,1H3/t13-/m1/s1. The van der Waals surface area contributed by atoms with Gasteiger partial charge in [0.05, 0.1) is 0 Å². The largest absolute Gasteiger partial charge is 0.231 e. The number of halogens is 1. The van der Waals surface area contributed by atoms with Crippen LogP contribution in [-0.4, -0.2) is 3.93 Å². The van der Waals surface area contributed by atoms with E-state index in [0.29, 0.717) is 6.04 Å². The molecule has 0 radical (unpaired) electrons. The molecule has 17 heavy (non-hydrogen) atoms. The minimum atomic E-state index is 0.358. The molecule has 0 unspecified atom stereocenters. The first-order valence-electron chi connectivity index (χ1n) is 5.78. The fourth-order valence-corrected chi connectivity index (χ4v) is 2.31. The van der Waals surface area contributed by atoms with Crippen LogP contribution in [0.25, 0.3) is 0 Å². The summed E-state index contributed by atoms with van der Waals surface area (Å²) in [6, 6.07) is 21.4. The first-order valence-corrected chi connectivity index (χ1v) is 6.49. The van der Waals surface area contributed by atoms with Crippen LogP contribution in [0.5, 0.6) is 0 Å². The van der Waals surface area contributed by atoms with Gasteiger partial charge in [0.25, 0.3) is 0 Å². The number of rotatable bonds is 4. The minimum Gasteiger partial charge on any atom is -0.231 e. The highest BCUT2D eigenvalue weighted by Gasteiger charge is 2.12. The molecule has 0 N–H and O–H groups in total. The highest BCUT2D eigenvalue weighted by molar-refractivity contribution is 9.07. The highest BCUT2D eigenvalue weighted by atomic mass is 79.9. The van der Waals surface area contributed by atoms with Crippen LogP contribution in [0.15, 0.2) is 60.7 Å². The van der Waals surface area contributed by atoms with Crippen LogP contribution >= 0.6 is 16.1 Å². The van der Waals surface area contributed by atoms with E-state index >= 15 is 0 Å². The van der Waals surface area contributed by atoms with Crippen molar-refractivity contribution in [1.29, 1.82) is 0 Å². The van der Waals surface area contributed by atoms with Crippen LogP contribution in [0.1, 0.15) is 24.1 Å². The van der Waals surface area contributed by atoms with E-state index in [9.17, 15) is 0 Å². The minimum absolute atomic E-state index is 0.358. The lowest BCUT2D eigenvalue weighted by molar-refractivity contribution is 0.392. The Morgan fingerprint density at radius 1 is 0.941 bits per heavy atom. The number of nitrogens with zero attached hydrogens (tertiary/aromatic N) is 1. The van der Waals surface area contributed by atoms with E-state index in [4.69, 9.17) is 0 Å². The van der Waals surface area contributed by atoms with Crippen molar-refractivity contribution >= 4 is 16.1 Å². The summed E-state index contributed by atoms with van der Waals surface area (Å²) >= 11 is 3.65. The average molecular weight is 290 g/mol. The third kappa shape index (κ3) is 3.42. The Labute approximate surface area is 111 Å². The molecular weight excluding hydrogens is 274 g/mol. The van der Waals surface area contributed by atoms with Crippen LogP contribution in [0.2, 0.25) is 0 Å². The van der Waals surface area contributed by atoms with E-state index in [1.807, 2.05) is 12.1 Å². The van der Waals surface area contributed by atoms with E-state index in [2.05, 4.69) is 75.5 Å². The van der Waals surface area contributed by atoms with Gasteiger partial charge in [-0.1, -0.05) is 60.7 Å². The Bertz CT molecular complexity index is 441. The van der Waals surface area contributed by atoms with Gasteiger partial charge in [-0.2, -0.15) is 0 Å². The summed E-state index contributed by atoms with van der Waals surface area (Å²) in [6.45, 7) is 3.10. The topological polar surface area (TPSA) is 3.24 Å². The molecule has 1 nitrogen and oxygen atoms in total. The Morgan fingerprint density at radius 2 is 1.47 bits per heavy atom. The second kappa shape index (κ2) is 5.99. The summed E-state index contributed by atoms with van der Waals surface area (Å²) < 4.78 is 2.18. The third-order valence-corrected chi connectivity index (χ3v) is 3.74. The van der Waals surface area contributed by atoms with Gasteiger partial charge < -0.3 is 0 Å². The number of hydrogen-bond acceptors (Lipinski definition) is 1. The lowest BCUT2D eigenvalue weighted by Crippen LogP contribution is -2.15. The fourth-order valence-electron chi connectivity index (χ4n) is 1.79. The average Bonchev–Trinajstić information content (AvgIpc) is 2.40. The second-order valence-electron chi connectivity index (χ2n) is 4.13. The van der Waals surface area contributed by atoms with Crippen LogP contribution in [0.4, 0.5) is 0 Å². The fraction of sp³-hybridized carbons (Fsp3) is 0.200. The third-order valence-electron chi connectivity index (χ3n) is 2.88. The molecule has 1 atom stereocenters. The maximum Gasteiger partial charge on any atom is 0.0430 e. The molecule has 0 amide bonds. The molecule has 2 heteroatoms. The molecule has 0 fully saturated rings. The maximum atomic E-state index is 3.65. The predicted molar refractivity (Wildman–Crippen MR) is 75.8 cm³/mol. The van der Waals surface area contributed by atoms with Crippen molar-refractivity contribution in [2.45, 2.75) is 19.5 Å². The van der Waals surface area contributed by atoms with Crippen LogP contribution in [0.3, 0.4) is 0 Å². The lowest BCUT2D eigenvalue weighted by Gasteiger charge is -2.22. The monoisotopic (exact) mass is 289 g/mol. The summed E-state index contributed by atoms with van der Waals surface area (Å²) in [5.41, 5.74) is 2.63. The van der Waals surface area contributed by atoms with Crippen molar-refractivity contribution in [3.05, 3.63) is 71.8 Å². The van der Waals surface area contributed by atoms with Crippen molar-refractivity contribution in [3.63, 3.8) is 0 Å². The van der Waals surface area contributed by atoms with Gasteiger partial charge in [0.15, 0.2) is 0 Å². The van der Waals surface area contributed by atoms with Crippen LogP contribution < -0.4 is 0 Å². The molecule has 0 saturated heterocycles. The van der Waals surface area contributed by atoms with Crippen molar-refractivity contribution in [3.8, 4) is 0 Å². The molecule has 2 aromatic rings. The SMILES string of the molecule is C[C@H](c1ccccc1)N(Br)Cc1ccccc1. The quantitative estimate of drug-likeness (QED) is 0.746. The summed E-state index contributed by atoms with van der Waals surface area (Å²) in [4.78, 5) is 0. The number of benzene rings is 2. The van der Waals surface area contributed by atoms with Crippen LogP contribution in [-0.2, 0) is 6.54 Å². The molecule has 88 valence electrons. The second-order valence-corrected chi connectivity index (χ2v) is 5.04. The zero-order chi connectivity index (χ0) is 12.1. The highest BCUT2D eigenvalue weighted by Crippen LogP contribution is 2.25. The van der Waals surface area contributed by atoms with Crippen LogP contribution in [0, 0.1) is 0 Å². The first-order chi connectivity index (χ1) is 8.27. The van der Waals surface area contributed by atoms with Crippen molar-refractivity contribution in [2.75, 3.05) is 0 Å². The van der Waals surface area contributed by atoms with E-state index in [0.717, 1.165) is 6.54 Å². The van der Waals surface area contributed by atoms with Gasteiger partial charge in [0, 0.05) is 28.7 Å². The molecule has 0 saturated carbocycles. The van der Waals surface area contributed by atoms with Gasteiger partial charge in [0.1, 0.15) is 0 Å². The summed E-state index contributed by atoms with van der Waals surface area (Å²) in [7, 11) is 0. The molecular formula is C15H16BrN. The Kier molecular flexibility index (Phi) is 4.35. The van der Waals surface area contributed by atoms with Gasteiger partial charge in [-0.05, 0) is 18.1 Å². The molecule has 0 heterocycles. The van der Waals surface area contributed by atoms with Gasteiger partial charge in [0.2, 0.25) is 0 Å². The van der Waals surface area contributed by atoms with Crippen molar-refractivity contribution in [2.24, 2.45) is 0 Å². The molecule has 0 bridgehead atoms. The van der Waals surface area contributed by atoms with E-state index < -0.39 is 0 Å². The van der Waals surface area contributed by atoms with E-state index in [-0.39, 0.29) is 0 Å². The summed E-state index contributed by atoms with van der Waals surface area (Å²) in [5.74, 6) is 0. The predicted octanol–water partition coefficient (Wildman–Crippen LogP) is 4.56. The molecule has 0 aliphatic carbocycles. The molecule has 0 spiro atoms. The lowest BCUT2D eigenvalue weighted by atomic mass is 10.1. The van der Waals surface area contributed by atoms with Gasteiger partial charge in [-0.25, -0.2) is 3.93 Å². The summed E-state index contributed by atoms with van der Waals surface area (Å²) in [6.07, 6.45) is 0. The molecule has 0 aliphatic rings. The van der Waals surface area contributed by atoms with E-state index in [1.165, 1.54) is 11.1 Å². The van der Waals surface area contributed by atoms with E-state index in [1.54, 1.807) is 0 Å². The smallest absolute Gasteiger partial charge is 0.0430 e. The maximum absolute atomic E-state index is 3.65. The van der Waals surface area contributed by atoms with Gasteiger partial charge >= 0.3 is 0 Å². The van der Waals surface area contributed by atoms with Crippen molar-refractivity contribution in [1.82, 2.24) is 3.93 Å². The molecule has 2 rings (SSSR count). The first kappa shape index (κ1) is 12.3. The van der Waals surface area contributed by atoms with Gasteiger partial charge in [-0.3, -0.25) is 0 Å². The summed E-state index contributed by atoms with van der Waals surface area (Å²) in [5, 5.41) is 0. The molecule has 2 aromatic carbocycles. The zero-order valence-corrected chi connectivity index (χ0v) is 11.5. The Balaban J connectivity index is 2.03. The normalized spacial score (nSPS) is 12.6. The number of hydrogen-bond donors (Lipinski definition) is 0. The Morgan fingerprint density at radius 3 is 2.06 bits per heavy atom. The Hall–Kier alpha value is -1.12. The zero-order valence-electron chi connectivity index (χ0n) is 9.88.